The van der Waals surface area contributed by atoms with Gasteiger partial charge in [0.25, 0.3) is 0 Å². The monoisotopic (exact) mass is 396 g/mol. The summed E-state index contributed by atoms with van der Waals surface area (Å²) in [4.78, 5) is 2.21. The summed E-state index contributed by atoms with van der Waals surface area (Å²) in [6.07, 6.45) is 5.56. The predicted molar refractivity (Wildman–Crippen MR) is 124 cm³/mol. The minimum Gasteiger partial charge on any atom is -0.385 e. The van der Waals surface area contributed by atoms with Crippen LogP contribution in [0.5, 0.6) is 0 Å². The molecule has 0 heterocycles. The van der Waals surface area contributed by atoms with E-state index in [0.717, 1.165) is 53.9 Å². The smallest absolute Gasteiger partial charge is 0.131 e. The molecule has 0 aromatic heterocycles. The van der Waals surface area contributed by atoms with Crippen LogP contribution in [-0.4, -0.2) is 38.3 Å². The van der Waals surface area contributed by atoms with Crippen LogP contribution in [0.3, 0.4) is 0 Å². The Balaban J connectivity index is 2.30. The van der Waals surface area contributed by atoms with Gasteiger partial charge in [-0.3, -0.25) is 0 Å². The molecule has 0 aliphatic carbocycles. The van der Waals surface area contributed by atoms with E-state index in [-0.39, 0.29) is 5.82 Å². The number of benzene rings is 2. The lowest BCUT2D eigenvalue weighted by Crippen LogP contribution is -2.20. The molecule has 0 spiro atoms. The van der Waals surface area contributed by atoms with E-state index in [9.17, 15) is 4.39 Å². The van der Waals surface area contributed by atoms with Gasteiger partial charge in [-0.15, -0.1) is 0 Å². The number of nitrogens with one attached hydrogen (secondary N) is 1. The molecule has 0 aliphatic heterocycles. The van der Waals surface area contributed by atoms with Gasteiger partial charge in [0.2, 0.25) is 0 Å². The maximum absolute atomic E-state index is 14.6. The van der Waals surface area contributed by atoms with E-state index in [1.165, 1.54) is 6.07 Å². The van der Waals surface area contributed by atoms with Gasteiger partial charge in [0.05, 0.1) is 6.21 Å². The summed E-state index contributed by atoms with van der Waals surface area (Å²) in [5, 5.41) is 7.19. The summed E-state index contributed by atoms with van der Waals surface area (Å²) in [5.74, 6) is 5.81. The molecule has 1 atom stereocenters. The standard InChI is InChI=1S/C24H33FN4/c1-6-21-20(15-28-26)13-19(24-18(3)10-7-11-22(24)25)14-23(21)27-12-8-9-17(2)16-29(4)5/h6-7,10-11,13-15,17,27H,1,8-9,12,16,26H2,2-5H3/b28-15-. The van der Waals surface area contributed by atoms with Crippen molar-refractivity contribution in [3.63, 3.8) is 0 Å². The average molecular weight is 397 g/mol. The molecule has 0 bridgehead atoms. The fraction of sp³-hybridized carbons (Fsp3) is 0.375. The second kappa shape index (κ2) is 10.8. The molecule has 29 heavy (non-hydrogen) atoms. The molecule has 3 N–H and O–H groups in total. The van der Waals surface area contributed by atoms with Crippen molar-refractivity contribution < 1.29 is 4.39 Å². The van der Waals surface area contributed by atoms with Gasteiger partial charge >= 0.3 is 0 Å². The number of rotatable bonds is 10. The van der Waals surface area contributed by atoms with Crippen LogP contribution >= 0.6 is 0 Å². The third-order valence-corrected chi connectivity index (χ3v) is 5.01. The Bertz CT molecular complexity index is 838. The van der Waals surface area contributed by atoms with E-state index in [1.807, 2.05) is 25.1 Å². The van der Waals surface area contributed by atoms with E-state index >= 15 is 0 Å². The lowest BCUT2D eigenvalue weighted by atomic mass is 9.94. The summed E-state index contributed by atoms with van der Waals surface area (Å²) in [6.45, 7) is 10.0. The second-order valence-electron chi connectivity index (χ2n) is 7.88. The Kier molecular flexibility index (Phi) is 8.40. The van der Waals surface area contributed by atoms with E-state index in [0.29, 0.717) is 11.5 Å². The van der Waals surface area contributed by atoms with E-state index in [1.54, 1.807) is 18.4 Å². The van der Waals surface area contributed by atoms with E-state index in [2.05, 4.69) is 42.9 Å². The molecule has 0 radical (unpaired) electrons. The van der Waals surface area contributed by atoms with Gasteiger partial charge in [0, 0.05) is 35.5 Å². The highest BCUT2D eigenvalue weighted by Crippen LogP contribution is 2.33. The highest BCUT2D eigenvalue weighted by atomic mass is 19.1. The number of nitrogens with two attached hydrogens (primary N) is 1. The summed E-state index contributed by atoms with van der Waals surface area (Å²) in [6, 6.07) is 9.01. The quantitative estimate of drug-likeness (QED) is 0.253. The normalized spacial score (nSPS) is 12.5. The van der Waals surface area contributed by atoms with Crippen molar-refractivity contribution in [3.8, 4) is 11.1 Å². The van der Waals surface area contributed by atoms with Crippen LogP contribution < -0.4 is 11.2 Å². The number of anilines is 1. The van der Waals surface area contributed by atoms with Gasteiger partial charge in [-0.05, 0) is 69.1 Å². The first-order valence-electron chi connectivity index (χ1n) is 10.0. The van der Waals surface area contributed by atoms with Crippen molar-refractivity contribution in [1.29, 1.82) is 0 Å². The average Bonchev–Trinajstić information content (AvgIpc) is 2.65. The van der Waals surface area contributed by atoms with Crippen molar-refractivity contribution in [2.24, 2.45) is 16.9 Å². The largest absolute Gasteiger partial charge is 0.385 e. The number of nitrogens with zero attached hydrogens (tertiary/aromatic N) is 2. The van der Waals surface area contributed by atoms with Crippen LogP contribution in [0.2, 0.25) is 0 Å². The molecule has 0 aliphatic rings. The number of aryl methyl sites for hydroxylation is 1. The third-order valence-electron chi connectivity index (χ3n) is 5.01. The van der Waals surface area contributed by atoms with Crippen LogP contribution in [0.4, 0.5) is 10.1 Å². The number of hydrogen-bond donors (Lipinski definition) is 2. The summed E-state index contributed by atoms with van der Waals surface area (Å²) in [5.41, 5.74) is 4.91. The summed E-state index contributed by atoms with van der Waals surface area (Å²) >= 11 is 0. The maximum Gasteiger partial charge on any atom is 0.131 e. The molecule has 2 aromatic carbocycles. The van der Waals surface area contributed by atoms with Crippen molar-refractivity contribution >= 4 is 18.0 Å². The molecule has 2 aromatic rings. The molecule has 5 heteroatoms. The topological polar surface area (TPSA) is 53.6 Å². The van der Waals surface area contributed by atoms with Crippen LogP contribution in [0.25, 0.3) is 17.2 Å². The Labute approximate surface area is 174 Å². The Morgan fingerprint density at radius 2 is 2.07 bits per heavy atom. The number of hydrazone groups is 1. The minimum atomic E-state index is -0.240. The highest BCUT2D eigenvalue weighted by molar-refractivity contribution is 5.92. The van der Waals surface area contributed by atoms with Crippen molar-refractivity contribution in [1.82, 2.24) is 4.90 Å². The molecule has 0 fully saturated rings. The zero-order valence-corrected chi connectivity index (χ0v) is 18.0. The zero-order chi connectivity index (χ0) is 21.4. The Morgan fingerprint density at radius 1 is 1.31 bits per heavy atom. The first kappa shape index (κ1) is 22.6. The molecular weight excluding hydrogens is 363 g/mol. The lowest BCUT2D eigenvalue weighted by Gasteiger charge is -2.18. The highest BCUT2D eigenvalue weighted by Gasteiger charge is 2.14. The fourth-order valence-electron chi connectivity index (χ4n) is 3.77. The van der Waals surface area contributed by atoms with Gasteiger partial charge in [-0.1, -0.05) is 31.7 Å². The minimum absolute atomic E-state index is 0.240. The van der Waals surface area contributed by atoms with Gasteiger partial charge in [-0.25, -0.2) is 4.39 Å². The Hall–Kier alpha value is -2.66. The Morgan fingerprint density at radius 3 is 2.69 bits per heavy atom. The zero-order valence-electron chi connectivity index (χ0n) is 18.0. The van der Waals surface area contributed by atoms with Crippen molar-refractivity contribution in [2.75, 3.05) is 32.5 Å². The van der Waals surface area contributed by atoms with E-state index in [4.69, 9.17) is 5.84 Å². The van der Waals surface area contributed by atoms with Gasteiger partial charge in [0.1, 0.15) is 5.82 Å². The molecule has 0 saturated heterocycles. The van der Waals surface area contributed by atoms with Crippen molar-refractivity contribution in [2.45, 2.75) is 26.7 Å². The molecule has 0 amide bonds. The van der Waals surface area contributed by atoms with E-state index < -0.39 is 0 Å². The van der Waals surface area contributed by atoms with Gasteiger partial charge in [0.15, 0.2) is 0 Å². The van der Waals surface area contributed by atoms with Crippen molar-refractivity contribution in [3.05, 3.63) is 59.4 Å². The molecule has 4 nitrogen and oxygen atoms in total. The molecule has 1 unspecified atom stereocenters. The van der Waals surface area contributed by atoms with Crippen LogP contribution in [0.15, 0.2) is 42.0 Å². The second-order valence-corrected chi connectivity index (χ2v) is 7.88. The number of hydrogen-bond acceptors (Lipinski definition) is 4. The molecule has 0 saturated carbocycles. The lowest BCUT2D eigenvalue weighted by molar-refractivity contribution is 0.325. The van der Waals surface area contributed by atoms with Crippen LogP contribution in [0, 0.1) is 18.7 Å². The molecule has 2 rings (SSSR count). The first-order chi connectivity index (χ1) is 13.9. The maximum atomic E-state index is 14.6. The van der Waals surface area contributed by atoms with Gasteiger partial charge in [-0.2, -0.15) is 5.10 Å². The molecular formula is C24H33FN4. The fourth-order valence-corrected chi connectivity index (χ4v) is 3.77. The van der Waals surface area contributed by atoms with Crippen LogP contribution in [-0.2, 0) is 0 Å². The number of halogens is 1. The predicted octanol–water partition coefficient (Wildman–Crippen LogP) is 5.13. The van der Waals surface area contributed by atoms with Crippen LogP contribution in [0.1, 0.15) is 36.5 Å². The SMILES string of the molecule is C=Cc1c(/C=N\N)cc(-c2c(C)cccc2F)cc1NCCCC(C)CN(C)C. The van der Waals surface area contributed by atoms with Gasteiger partial charge < -0.3 is 16.1 Å². The summed E-state index contributed by atoms with van der Waals surface area (Å²) < 4.78 is 14.6. The first-order valence-corrected chi connectivity index (χ1v) is 10.0. The molecule has 156 valence electrons. The third kappa shape index (κ3) is 6.16. The summed E-state index contributed by atoms with van der Waals surface area (Å²) in [7, 11) is 4.20.